The molecule has 0 spiro atoms. The third-order valence-electron chi connectivity index (χ3n) is 4.25. The molecule has 0 saturated heterocycles. The van der Waals surface area contributed by atoms with E-state index in [9.17, 15) is 5.11 Å². The van der Waals surface area contributed by atoms with E-state index in [1.807, 2.05) is 31.3 Å². The Kier molecular flexibility index (Phi) is 3.26. The van der Waals surface area contributed by atoms with Crippen molar-refractivity contribution in [1.82, 2.24) is 4.98 Å². The summed E-state index contributed by atoms with van der Waals surface area (Å²) in [4.78, 5) is 6.48. The van der Waals surface area contributed by atoms with E-state index in [4.69, 9.17) is 5.73 Å². The van der Waals surface area contributed by atoms with Crippen LogP contribution in [0.2, 0.25) is 0 Å². The number of benzene rings is 1. The predicted octanol–water partition coefficient (Wildman–Crippen LogP) is 2.56. The Morgan fingerprint density at radius 3 is 2.80 bits per heavy atom. The Morgan fingerprint density at radius 2 is 2.05 bits per heavy atom. The van der Waals surface area contributed by atoms with Gasteiger partial charge in [-0.05, 0) is 37.1 Å². The van der Waals surface area contributed by atoms with Crippen molar-refractivity contribution in [1.29, 1.82) is 0 Å². The molecule has 1 aromatic carbocycles. The molecule has 4 nitrogen and oxygen atoms in total. The van der Waals surface area contributed by atoms with Crippen LogP contribution in [-0.4, -0.2) is 29.3 Å². The van der Waals surface area contributed by atoms with Crippen LogP contribution in [0.1, 0.15) is 25.7 Å². The second-order valence-corrected chi connectivity index (χ2v) is 5.86. The number of fused-ring (bicyclic) bond motifs is 1. The van der Waals surface area contributed by atoms with E-state index < -0.39 is 5.60 Å². The first-order valence-electron chi connectivity index (χ1n) is 7.16. The van der Waals surface area contributed by atoms with Gasteiger partial charge in [0, 0.05) is 30.9 Å². The van der Waals surface area contributed by atoms with Gasteiger partial charge in [-0.25, -0.2) is 0 Å². The molecule has 0 aliphatic heterocycles. The number of nitrogen functional groups attached to an aromatic ring is 1. The lowest BCUT2D eigenvalue weighted by Gasteiger charge is -2.30. The van der Waals surface area contributed by atoms with E-state index in [0.717, 1.165) is 42.3 Å². The van der Waals surface area contributed by atoms with Gasteiger partial charge in [-0.3, -0.25) is 4.98 Å². The Hall–Kier alpha value is -1.81. The second kappa shape index (κ2) is 4.94. The molecule has 3 rings (SSSR count). The highest BCUT2D eigenvalue weighted by Crippen LogP contribution is 2.34. The van der Waals surface area contributed by atoms with Crippen LogP contribution < -0.4 is 10.6 Å². The van der Waals surface area contributed by atoms with Crippen LogP contribution in [-0.2, 0) is 0 Å². The van der Waals surface area contributed by atoms with Crippen molar-refractivity contribution in [2.45, 2.75) is 31.3 Å². The van der Waals surface area contributed by atoms with Gasteiger partial charge in [0.05, 0.1) is 16.8 Å². The normalized spacial score (nSPS) is 17.5. The van der Waals surface area contributed by atoms with E-state index in [2.05, 4.69) is 9.88 Å². The van der Waals surface area contributed by atoms with Crippen LogP contribution in [0.3, 0.4) is 0 Å². The molecule has 1 fully saturated rings. The van der Waals surface area contributed by atoms with E-state index in [-0.39, 0.29) is 0 Å². The number of hydrogen-bond donors (Lipinski definition) is 2. The molecule has 0 bridgehead atoms. The molecule has 2 aromatic rings. The van der Waals surface area contributed by atoms with Crippen LogP contribution in [0.5, 0.6) is 0 Å². The van der Waals surface area contributed by atoms with Crippen molar-refractivity contribution in [3.8, 4) is 0 Å². The molecule has 3 N–H and O–H groups in total. The standard InChI is InChI=1S/C16H21N3O/c1-19(11-16(20)8-2-3-9-16)14-7-6-13(17)15-12(14)5-4-10-18-15/h4-7,10,20H,2-3,8-9,11,17H2,1H3. The number of rotatable bonds is 3. The SMILES string of the molecule is CN(CC1(O)CCCC1)c1ccc(N)c2ncccc12. The lowest BCUT2D eigenvalue weighted by atomic mass is 10.0. The number of pyridine rings is 1. The highest BCUT2D eigenvalue weighted by Gasteiger charge is 2.32. The summed E-state index contributed by atoms with van der Waals surface area (Å²) in [6.07, 6.45) is 5.78. The minimum absolute atomic E-state index is 0.551. The monoisotopic (exact) mass is 271 g/mol. The highest BCUT2D eigenvalue weighted by atomic mass is 16.3. The van der Waals surface area contributed by atoms with Crippen molar-refractivity contribution in [3.05, 3.63) is 30.5 Å². The Bertz CT molecular complexity index is 620. The number of aromatic nitrogens is 1. The number of aliphatic hydroxyl groups is 1. The zero-order chi connectivity index (χ0) is 14.2. The molecule has 1 heterocycles. The lowest BCUT2D eigenvalue weighted by Crippen LogP contribution is -2.39. The summed E-state index contributed by atoms with van der Waals surface area (Å²) in [5, 5.41) is 11.6. The van der Waals surface area contributed by atoms with Crippen molar-refractivity contribution in [2.24, 2.45) is 0 Å². The third-order valence-corrected chi connectivity index (χ3v) is 4.25. The zero-order valence-corrected chi connectivity index (χ0v) is 11.8. The molecule has 0 atom stereocenters. The van der Waals surface area contributed by atoms with E-state index in [0.29, 0.717) is 12.2 Å². The minimum atomic E-state index is -0.551. The van der Waals surface area contributed by atoms with Crippen molar-refractivity contribution < 1.29 is 5.11 Å². The summed E-state index contributed by atoms with van der Waals surface area (Å²) in [6.45, 7) is 0.654. The zero-order valence-electron chi connectivity index (χ0n) is 11.8. The summed E-state index contributed by atoms with van der Waals surface area (Å²) < 4.78 is 0. The summed E-state index contributed by atoms with van der Waals surface area (Å²) in [6, 6.07) is 7.85. The van der Waals surface area contributed by atoms with Gasteiger partial charge in [0.15, 0.2) is 0 Å². The molecule has 0 radical (unpaired) electrons. The van der Waals surface area contributed by atoms with Crippen LogP contribution >= 0.6 is 0 Å². The number of anilines is 2. The molecular formula is C16H21N3O. The first kappa shape index (κ1) is 13.2. The number of nitrogens with zero attached hydrogens (tertiary/aromatic N) is 2. The number of hydrogen-bond acceptors (Lipinski definition) is 4. The van der Waals surface area contributed by atoms with Crippen molar-refractivity contribution >= 4 is 22.3 Å². The number of nitrogens with two attached hydrogens (primary N) is 1. The average Bonchev–Trinajstić information content (AvgIpc) is 2.86. The molecule has 106 valence electrons. The summed E-state index contributed by atoms with van der Waals surface area (Å²) in [5.41, 5.74) is 8.03. The molecule has 0 unspecified atom stereocenters. The van der Waals surface area contributed by atoms with E-state index >= 15 is 0 Å². The largest absolute Gasteiger partial charge is 0.397 e. The van der Waals surface area contributed by atoms with Crippen molar-refractivity contribution in [3.63, 3.8) is 0 Å². The Labute approximate surface area is 119 Å². The van der Waals surface area contributed by atoms with Crippen molar-refractivity contribution in [2.75, 3.05) is 24.2 Å². The molecule has 4 heteroatoms. The first-order chi connectivity index (χ1) is 9.59. The minimum Gasteiger partial charge on any atom is -0.397 e. The van der Waals surface area contributed by atoms with Gasteiger partial charge in [-0.2, -0.15) is 0 Å². The molecule has 0 amide bonds. The van der Waals surface area contributed by atoms with E-state index in [1.54, 1.807) is 6.20 Å². The molecular weight excluding hydrogens is 250 g/mol. The Morgan fingerprint density at radius 1 is 1.30 bits per heavy atom. The fourth-order valence-corrected chi connectivity index (χ4v) is 3.23. The molecule has 1 aliphatic carbocycles. The van der Waals surface area contributed by atoms with Gasteiger partial charge in [-0.1, -0.05) is 12.8 Å². The highest BCUT2D eigenvalue weighted by molar-refractivity contribution is 5.98. The van der Waals surface area contributed by atoms with Gasteiger partial charge >= 0.3 is 0 Å². The first-order valence-corrected chi connectivity index (χ1v) is 7.16. The molecule has 1 aromatic heterocycles. The van der Waals surface area contributed by atoms with Crippen LogP contribution in [0, 0.1) is 0 Å². The molecule has 20 heavy (non-hydrogen) atoms. The van der Waals surface area contributed by atoms with Crippen LogP contribution in [0.15, 0.2) is 30.5 Å². The van der Waals surface area contributed by atoms with Gasteiger partial charge in [0.1, 0.15) is 0 Å². The maximum absolute atomic E-state index is 10.6. The molecule has 1 saturated carbocycles. The van der Waals surface area contributed by atoms with E-state index in [1.165, 1.54) is 0 Å². The summed E-state index contributed by atoms with van der Waals surface area (Å²) >= 11 is 0. The average molecular weight is 271 g/mol. The fraction of sp³-hybridized carbons (Fsp3) is 0.438. The fourth-order valence-electron chi connectivity index (χ4n) is 3.23. The van der Waals surface area contributed by atoms with Gasteiger partial charge in [0.25, 0.3) is 0 Å². The second-order valence-electron chi connectivity index (χ2n) is 5.86. The Balaban J connectivity index is 1.95. The molecule has 1 aliphatic rings. The van der Waals surface area contributed by atoms with Gasteiger partial charge < -0.3 is 15.7 Å². The lowest BCUT2D eigenvalue weighted by molar-refractivity contribution is 0.0560. The summed E-state index contributed by atoms with van der Waals surface area (Å²) in [7, 11) is 2.02. The van der Waals surface area contributed by atoms with Gasteiger partial charge in [-0.15, -0.1) is 0 Å². The predicted molar refractivity (Wildman–Crippen MR) is 82.8 cm³/mol. The third kappa shape index (κ3) is 2.31. The quantitative estimate of drug-likeness (QED) is 0.842. The van der Waals surface area contributed by atoms with Crippen LogP contribution in [0.4, 0.5) is 11.4 Å². The topological polar surface area (TPSA) is 62.4 Å². The maximum Gasteiger partial charge on any atom is 0.0951 e. The summed E-state index contributed by atoms with van der Waals surface area (Å²) in [5.74, 6) is 0. The van der Waals surface area contributed by atoms with Gasteiger partial charge in [0.2, 0.25) is 0 Å². The maximum atomic E-state index is 10.6. The number of likely N-dealkylation sites (N-methyl/N-ethyl adjacent to an activating group) is 1. The van der Waals surface area contributed by atoms with Crippen LogP contribution in [0.25, 0.3) is 10.9 Å². The smallest absolute Gasteiger partial charge is 0.0951 e.